The van der Waals surface area contributed by atoms with Gasteiger partial charge < -0.3 is 4.57 Å². The van der Waals surface area contributed by atoms with Gasteiger partial charge in [-0.15, -0.1) is 0 Å². The van der Waals surface area contributed by atoms with Crippen LogP contribution in [0.25, 0.3) is 11.2 Å². The third-order valence-electron chi connectivity index (χ3n) is 2.77. The Bertz CT molecular complexity index is 539. The van der Waals surface area contributed by atoms with Crippen LogP contribution in [0.5, 0.6) is 0 Å². The summed E-state index contributed by atoms with van der Waals surface area (Å²) < 4.78 is 2.30. The molecular weight excluding hydrogens is 210 g/mol. The lowest BCUT2D eigenvalue weighted by Crippen LogP contribution is -2.29. The Morgan fingerprint density at radius 3 is 2.24 bits per heavy atom. The molecule has 3 heteroatoms. The van der Waals surface area contributed by atoms with Crippen LogP contribution < -0.4 is 0 Å². The quantitative estimate of drug-likeness (QED) is 0.695. The molecule has 0 radical (unpaired) electrons. The van der Waals surface area contributed by atoms with Crippen LogP contribution in [-0.2, 0) is 11.0 Å². The van der Waals surface area contributed by atoms with E-state index in [1.165, 1.54) is 0 Å². The summed E-state index contributed by atoms with van der Waals surface area (Å²) in [5, 5.41) is 0. The van der Waals surface area contributed by atoms with Crippen molar-refractivity contribution in [2.24, 2.45) is 0 Å². The average Bonchev–Trinajstić information content (AvgIpc) is 2.54. The lowest BCUT2D eigenvalue weighted by atomic mass is 9.94. The monoisotopic (exact) mass is 231 g/mol. The maximum absolute atomic E-state index is 4.70. The van der Waals surface area contributed by atoms with Gasteiger partial charge >= 0.3 is 0 Å². The first-order valence-corrected chi connectivity index (χ1v) is 6.06. The number of fused-ring (bicyclic) bond motifs is 1. The van der Waals surface area contributed by atoms with Crippen molar-refractivity contribution in [3.05, 3.63) is 24.2 Å². The number of hydrogen-bond donors (Lipinski definition) is 0. The van der Waals surface area contributed by atoms with Gasteiger partial charge in [0.05, 0.1) is 5.52 Å². The molecule has 0 atom stereocenters. The van der Waals surface area contributed by atoms with Crippen LogP contribution in [-0.4, -0.2) is 14.5 Å². The van der Waals surface area contributed by atoms with Crippen LogP contribution in [0.4, 0.5) is 0 Å². The fraction of sp³-hybridized carbons (Fsp3) is 0.571. The summed E-state index contributed by atoms with van der Waals surface area (Å²) in [6, 6.07) is 4.06. The number of nitrogens with zero attached hydrogens (tertiary/aromatic N) is 3. The van der Waals surface area contributed by atoms with E-state index >= 15 is 0 Å². The van der Waals surface area contributed by atoms with Gasteiger partial charge in [-0.3, -0.25) is 0 Å². The van der Waals surface area contributed by atoms with Gasteiger partial charge in [-0.25, -0.2) is 9.97 Å². The highest BCUT2D eigenvalue weighted by Gasteiger charge is 2.28. The molecule has 0 saturated carbocycles. The fourth-order valence-corrected chi connectivity index (χ4v) is 2.10. The molecule has 0 aliphatic carbocycles. The van der Waals surface area contributed by atoms with Gasteiger partial charge in [0.1, 0.15) is 5.82 Å². The molecule has 2 aromatic heterocycles. The highest BCUT2D eigenvalue weighted by atomic mass is 15.2. The molecule has 92 valence electrons. The van der Waals surface area contributed by atoms with Crippen molar-refractivity contribution in [1.29, 1.82) is 0 Å². The molecule has 0 fully saturated rings. The molecule has 0 amide bonds. The van der Waals surface area contributed by atoms with E-state index in [1.54, 1.807) is 6.20 Å². The van der Waals surface area contributed by atoms with Gasteiger partial charge in [0.25, 0.3) is 0 Å². The summed E-state index contributed by atoms with van der Waals surface area (Å²) in [6.07, 6.45) is 1.80. The highest BCUT2D eigenvalue weighted by Crippen LogP contribution is 2.30. The van der Waals surface area contributed by atoms with Crippen molar-refractivity contribution < 1.29 is 0 Å². The minimum atomic E-state index is 0.0143. The molecular formula is C14H21N3. The molecule has 0 unspecified atom stereocenters. The molecule has 2 aromatic rings. The van der Waals surface area contributed by atoms with Gasteiger partial charge in [0.15, 0.2) is 5.65 Å². The number of aromatic nitrogens is 3. The lowest BCUT2D eigenvalue weighted by Gasteiger charge is -2.29. The molecule has 0 aromatic carbocycles. The maximum Gasteiger partial charge on any atom is 0.177 e. The van der Waals surface area contributed by atoms with E-state index in [4.69, 9.17) is 4.98 Å². The van der Waals surface area contributed by atoms with E-state index in [0.29, 0.717) is 0 Å². The van der Waals surface area contributed by atoms with Gasteiger partial charge in [-0.2, -0.15) is 0 Å². The first-order valence-electron chi connectivity index (χ1n) is 6.06. The van der Waals surface area contributed by atoms with E-state index in [2.05, 4.69) is 57.2 Å². The van der Waals surface area contributed by atoms with Crippen LogP contribution in [0.15, 0.2) is 18.3 Å². The summed E-state index contributed by atoms with van der Waals surface area (Å²) >= 11 is 0. The standard InChI is InChI=1S/C14H21N3/c1-13(2,3)12-16-11-10(8-7-9-15-11)17(12)14(4,5)6/h7-9H,1-6H3. The third-order valence-corrected chi connectivity index (χ3v) is 2.77. The Kier molecular flexibility index (Phi) is 2.53. The van der Waals surface area contributed by atoms with Crippen LogP contribution >= 0.6 is 0 Å². The minimum Gasteiger partial charge on any atom is -0.321 e. The van der Waals surface area contributed by atoms with Gasteiger partial charge in [-0.1, -0.05) is 20.8 Å². The first kappa shape index (κ1) is 12.1. The van der Waals surface area contributed by atoms with Crippen molar-refractivity contribution in [2.45, 2.75) is 52.5 Å². The molecule has 2 heterocycles. The molecule has 2 rings (SSSR count). The summed E-state index contributed by atoms with van der Waals surface area (Å²) in [7, 11) is 0. The van der Waals surface area contributed by atoms with Crippen molar-refractivity contribution in [2.75, 3.05) is 0 Å². The third kappa shape index (κ3) is 2.06. The predicted octanol–water partition coefficient (Wildman–Crippen LogP) is 3.48. The van der Waals surface area contributed by atoms with E-state index in [1.807, 2.05) is 6.07 Å². The van der Waals surface area contributed by atoms with Crippen LogP contribution in [0.1, 0.15) is 47.4 Å². The average molecular weight is 231 g/mol. The van der Waals surface area contributed by atoms with Crippen molar-refractivity contribution in [3.8, 4) is 0 Å². The van der Waals surface area contributed by atoms with E-state index in [9.17, 15) is 0 Å². The fourth-order valence-electron chi connectivity index (χ4n) is 2.10. The Balaban J connectivity index is 2.84. The van der Waals surface area contributed by atoms with E-state index in [0.717, 1.165) is 17.0 Å². The Labute approximate surface area is 103 Å². The molecule has 0 spiro atoms. The predicted molar refractivity (Wildman–Crippen MR) is 71.2 cm³/mol. The zero-order valence-electron chi connectivity index (χ0n) is 11.6. The minimum absolute atomic E-state index is 0.0143. The SMILES string of the molecule is CC(C)(C)c1nc2ncccc2n1C(C)(C)C. The summed E-state index contributed by atoms with van der Waals surface area (Å²) in [5.41, 5.74) is 1.99. The normalized spacial score (nSPS) is 13.3. The molecule has 17 heavy (non-hydrogen) atoms. The van der Waals surface area contributed by atoms with Crippen LogP contribution in [0.3, 0.4) is 0 Å². The molecule has 0 aliphatic rings. The second-order valence-electron chi connectivity index (χ2n) is 6.54. The molecule has 0 saturated heterocycles. The molecule has 3 nitrogen and oxygen atoms in total. The summed E-state index contributed by atoms with van der Waals surface area (Å²) in [4.78, 5) is 9.06. The number of pyridine rings is 1. The van der Waals surface area contributed by atoms with Crippen molar-refractivity contribution in [3.63, 3.8) is 0 Å². The lowest BCUT2D eigenvalue weighted by molar-refractivity contribution is 0.364. The molecule has 0 aliphatic heterocycles. The first-order chi connectivity index (χ1) is 7.71. The summed E-state index contributed by atoms with van der Waals surface area (Å²) in [5.74, 6) is 1.10. The van der Waals surface area contributed by atoms with Gasteiger partial charge in [0, 0.05) is 17.2 Å². The van der Waals surface area contributed by atoms with Gasteiger partial charge in [0.2, 0.25) is 0 Å². The largest absolute Gasteiger partial charge is 0.321 e. The smallest absolute Gasteiger partial charge is 0.177 e. The summed E-state index contributed by atoms with van der Waals surface area (Å²) in [6.45, 7) is 13.2. The van der Waals surface area contributed by atoms with E-state index in [-0.39, 0.29) is 11.0 Å². The maximum atomic E-state index is 4.70. The van der Waals surface area contributed by atoms with Crippen LogP contribution in [0, 0.1) is 0 Å². The van der Waals surface area contributed by atoms with Crippen molar-refractivity contribution in [1.82, 2.24) is 14.5 Å². The topological polar surface area (TPSA) is 30.7 Å². The van der Waals surface area contributed by atoms with Crippen LogP contribution in [0.2, 0.25) is 0 Å². The molecule has 0 bridgehead atoms. The Morgan fingerprint density at radius 1 is 1.06 bits per heavy atom. The molecule has 0 N–H and O–H groups in total. The van der Waals surface area contributed by atoms with Crippen molar-refractivity contribution >= 4 is 11.2 Å². The second kappa shape index (κ2) is 3.56. The van der Waals surface area contributed by atoms with E-state index < -0.39 is 0 Å². The Morgan fingerprint density at radius 2 is 1.71 bits per heavy atom. The second-order valence-corrected chi connectivity index (χ2v) is 6.54. The van der Waals surface area contributed by atoms with Gasteiger partial charge in [-0.05, 0) is 32.9 Å². The zero-order valence-corrected chi connectivity index (χ0v) is 11.6. The highest BCUT2D eigenvalue weighted by molar-refractivity contribution is 5.72. The Hall–Kier alpha value is -1.38. The number of rotatable bonds is 0. The zero-order chi connectivity index (χ0) is 12.8. The number of hydrogen-bond acceptors (Lipinski definition) is 2. The number of imidazole rings is 1.